The smallest absolute Gasteiger partial charge is 0.232 e. The molecule has 0 atom stereocenters. The van der Waals surface area contributed by atoms with Gasteiger partial charge in [-0.15, -0.1) is 0 Å². The average molecular weight is 473 g/mol. The Labute approximate surface area is 207 Å². The molecule has 3 aliphatic carbocycles. The van der Waals surface area contributed by atoms with Gasteiger partial charge in [0.05, 0.1) is 29.9 Å². The van der Waals surface area contributed by atoms with Gasteiger partial charge in [-0.2, -0.15) is 5.10 Å². The third-order valence-electron chi connectivity index (χ3n) is 7.53. The summed E-state index contributed by atoms with van der Waals surface area (Å²) in [7, 11) is 5.61. The zero-order valence-corrected chi connectivity index (χ0v) is 19.7. The van der Waals surface area contributed by atoms with Crippen molar-refractivity contribution in [2.45, 2.75) is 24.8 Å². The van der Waals surface area contributed by atoms with E-state index in [1.807, 2.05) is 30.3 Å². The van der Waals surface area contributed by atoms with E-state index in [1.54, 1.807) is 6.07 Å². The van der Waals surface area contributed by atoms with Crippen LogP contribution in [-0.2, 0) is 11.8 Å². The van der Waals surface area contributed by atoms with Crippen LogP contribution in [0.2, 0.25) is 0 Å². The SMILES string of the molecule is [2H]C([2H])([2H])n1ncc(-c2ncnc3cc(OC)c(NC(=O)C45CC(N(C)C)(C4)C5)nc23)c1-c1ccccc1. The highest BCUT2D eigenvalue weighted by Gasteiger charge is 2.72. The summed E-state index contributed by atoms with van der Waals surface area (Å²) in [5.74, 6) is 0.574. The van der Waals surface area contributed by atoms with Crippen LogP contribution < -0.4 is 10.1 Å². The number of ether oxygens (including phenoxy) is 1. The minimum atomic E-state index is -2.51. The normalized spacial score (nSPS) is 24.2. The molecule has 3 aromatic heterocycles. The molecule has 3 fully saturated rings. The molecule has 0 aliphatic heterocycles. The van der Waals surface area contributed by atoms with Crippen LogP contribution in [0.25, 0.3) is 33.5 Å². The lowest BCUT2D eigenvalue weighted by Gasteiger charge is -2.71. The lowest BCUT2D eigenvalue weighted by atomic mass is 9.38. The summed E-state index contributed by atoms with van der Waals surface area (Å²) in [6.45, 7) is -2.51. The number of nitrogens with one attached hydrogen (secondary N) is 1. The number of aryl methyl sites for hydroxylation is 1. The van der Waals surface area contributed by atoms with Gasteiger partial charge in [0, 0.05) is 33.8 Å². The number of rotatable bonds is 6. The number of nitrogens with zero attached hydrogens (tertiary/aromatic N) is 6. The van der Waals surface area contributed by atoms with E-state index in [2.05, 4.69) is 39.4 Å². The van der Waals surface area contributed by atoms with Gasteiger partial charge in [-0.1, -0.05) is 30.3 Å². The van der Waals surface area contributed by atoms with Gasteiger partial charge in [-0.25, -0.2) is 15.0 Å². The Kier molecular flexibility index (Phi) is 4.00. The summed E-state index contributed by atoms with van der Waals surface area (Å²) in [6, 6.07) is 10.8. The topological polar surface area (TPSA) is 98.1 Å². The first-order valence-corrected chi connectivity index (χ1v) is 11.4. The fourth-order valence-corrected chi connectivity index (χ4v) is 5.50. The maximum absolute atomic E-state index is 13.3. The summed E-state index contributed by atoms with van der Waals surface area (Å²) in [4.78, 5) is 29.1. The first kappa shape index (κ1) is 18.5. The Hall–Kier alpha value is -3.85. The zero-order chi connectivity index (χ0) is 26.9. The molecule has 0 radical (unpaired) electrons. The molecule has 3 heterocycles. The largest absolute Gasteiger partial charge is 0.493 e. The van der Waals surface area contributed by atoms with Crippen molar-refractivity contribution in [2.75, 3.05) is 26.5 Å². The second kappa shape index (κ2) is 7.58. The highest BCUT2D eigenvalue weighted by atomic mass is 16.5. The Morgan fingerprint density at radius 3 is 2.66 bits per heavy atom. The predicted molar refractivity (Wildman–Crippen MR) is 133 cm³/mol. The number of hydrogen-bond donors (Lipinski definition) is 1. The van der Waals surface area contributed by atoms with Gasteiger partial charge < -0.3 is 15.0 Å². The first-order valence-electron chi connectivity index (χ1n) is 12.9. The van der Waals surface area contributed by atoms with E-state index in [1.165, 1.54) is 19.6 Å². The molecule has 2 bridgehead atoms. The summed E-state index contributed by atoms with van der Waals surface area (Å²) >= 11 is 0. The number of carbonyl (C=O) groups is 1. The summed E-state index contributed by atoms with van der Waals surface area (Å²) in [5, 5.41) is 7.18. The minimum absolute atomic E-state index is 0.0787. The zero-order valence-electron chi connectivity index (χ0n) is 22.7. The van der Waals surface area contributed by atoms with E-state index in [4.69, 9.17) is 13.8 Å². The van der Waals surface area contributed by atoms with Crippen molar-refractivity contribution in [3.05, 3.63) is 48.9 Å². The molecule has 7 rings (SSSR count). The van der Waals surface area contributed by atoms with Crippen LogP contribution in [0, 0.1) is 5.41 Å². The number of anilines is 1. The van der Waals surface area contributed by atoms with E-state index in [0.29, 0.717) is 39.3 Å². The average Bonchev–Trinajstić information content (AvgIpc) is 3.27. The van der Waals surface area contributed by atoms with Gasteiger partial charge in [-0.3, -0.25) is 9.48 Å². The van der Waals surface area contributed by atoms with E-state index < -0.39 is 6.98 Å². The van der Waals surface area contributed by atoms with Crippen molar-refractivity contribution >= 4 is 22.8 Å². The Bertz CT molecular complexity index is 1550. The molecule has 4 aromatic rings. The van der Waals surface area contributed by atoms with Crippen molar-refractivity contribution in [2.24, 2.45) is 12.4 Å². The van der Waals surface area contributed by atoms with Crippen molar-refractivity contribution in [1.82, 2.24) is 29.6 Å². The van der Waals surface area contributed by atoms with Crippen LogP contribution >= 0.6 is 0 Å². The lowest BCUT2D eigenvalue weighted by Crippen LogP contribution is -2.76. The number of pyridine rings is 1. The van der Waals surface area contributed by atoms with Gasteiger partial charge in [0.25, 0.3) is 0 Å². The Balaban J connectivity index is 1.44. The quantitative estimate of drug-likeness (QED) is 0.458. The number of fused-ring (bicyclic) bond motifs is 1. The van der Waals surface area contributed by atoms with Crippen molar-refractivity contribution in [3.63, 3.8) is 0 Å². The number of methoxy groups -OCH3 is 1. The number of hydrogen-bond acceptors (Lipinski definition) is 7. The first-order chi connectivity index (χ1) is 18.1. The van der Waals surface area contributed by atoms with Gasteiger partial charge in [0.2, 0.25) is 5.91 Å². The fraction of sp³-hybridized carbons (Fsp3) is 0.346. The van der Waals surface area contributed by atoms with Crippen LogP contribution in [0.4, 0.5) is 5.82 Å². The molecule has 3 aliphatic rings. The Morgan fingerprint density at radius 2 is 1.97 bits per heavy atom. The van der Waals surface area contributed by atoms with Gasteiger partial charge >= 0.3 is 0 Å². The van der Waals surface area contributed by atoms with Crippen LogP contribution in [0.3, 0.4) is 0 Å². The molecule has 9 nitrogen and oxygen atoms in total. The third-order valence-corrected chi connectivity index (χ3v) is 7.53. The van der Waals surface area contributed by atoms with Gasteiger partial charge in [0.1, 0.15) is 17.5 Å². The molecule has 1 aromatic carbocycles. The molecular formula is C26H27N7O2. The second-order valence-corrected chi connectivity index (χ2v) is 9.70. The maximum Gasteiger partial charge on any atom is 0.232 e. The van der Waals surface area contributed by atoms with E-state index in [-0.39, 0.29) is 22.7 Å². The highest BCUT2D eigenvalue weighted by Crippen LogP contribution is 2.69. The second-order valence-electron chi connectivity index (χ2n) is 9.70. The molecule has 178 valence electrons. The minimum Gasteiger partial charge on any atom is -0.493 e. The van der Waals surface area contributed by atoms with Crippen molar-refractivity contribution < 1.29 is 13.6 Å². The maximum atomic E-state index is 13.3. The molecule has 3 saturated carbocycles. The number of aromatic nitrogens is 5. The van der Waals surface area contributed by atoms with Crippen molar-refractivity contribution in [3.8, 4) is 28.3 Å². The van der Waals surface area contributed by atoms with Crippen LogP contribution in [0.15, 0.2) is 48.9 Å². The lowest BCUT2D eigenvalue weighted by molar-refractivity contribution is -0.204. The predicted octanol–water partition coefficient (Wildman–Crippen LogP) is 3.52. The molecule has 0 saturated heterocycles. The summed E-state index contributed by atoms with van der Waals surface area (Å²) in [5.41, 5.74) is 2.57. The van der Waals surface area contributed by atoms with E-state index in [9.17, 15) is 4.79 Å². The monoisotopic (exact) mass is 472 g/mol. The van der Waals surface area contributed by atoms with E-state index in [0.717, 1.165) is 23.9 Å². The van der Waals surface area contributed by atoms with Gasteiger partial charge in [-0.05, 0) is 33.4 Å². The van der Waals surface area contributed by atoms with Crippen LogP contribution in [0.5, 0.6) is 5.75 Å². The standard InChI is InChI=1S/C26H27N7O2/c1-32(2)26-12-25(13-26,14-26)24(34)31-23-19(35-4)10-18-21(30-23)20(28-15-27-18)17-11-29-33(3)22(17)16-8-6-5-7-9-16/h5-11,15H,12-14H2,1-4H3,(H,30,31,34)/i3D3. The highest BCUT2D eigenvalue weighted by molar-refractivity contribution is 6.01. The number of carbonyl (C=O) groups excluding carboxylic acids is 1. The molecule has 0 spiro atoms. The van der Waals surface area contributed by atoms with Gasteiger partial charge in [0.15, 0.2) is 11.6 Å². The van der Waals surface area contributed by atoms with E-state index >= 15 is 0 Å². The molecule has 35 heavy (non-hydrogen) atoms. The molecule has 1 amide bonds. The Morgan fingerprint density at radius 1 is 1.20 bits per heavy atom. The molecule has 9 heteroatoms. The third kappa shape index (κ3) is 3.15. The molecular weight excluding hydrogens is 442 g/mol. The fourth-order valence-electron chi connectivity index (χ4n) is 5.50. The van der Waals surface area contributed by atoms with Crippen molar-refractivity contribution in [1.29, 1.82) is 0 Å². The summed E-state index contributed by atoms with van der Waals surface area (Å²) in [6.07, 6.45) is 5.32. The summed E-state index contributed by atoms with van der Waals surface area (Å²) < 4.78 is 30.6. The molecule has 1 N–H and O–H groups in total. The van der Waals surface area contributed by atoms with Crippen LogP contribution in [-0.4, -0.2) is 62.3 Å². The number of benzene rings is 1. The number of amides is 1. The molecule has 0 unspecified atom stereocenters. The van der Waals surface area contributed by atoms with Crippen LogP contribution in [0.1, 0.15) is 23.4 Å².